The van der Waals surface area contributed by atoms with Crippen molar-refractivity contribution in [2.45, 2.75) is 31.7 Å². The van der Waals surface area contributed by atoms with Crippen molar-refractivity contribution >= 4 is 11.8 Å². The molecule has 2 rings (SSSR count). The lowest BCUT2D eigenvalue weighted by Crippen LogP contribution is -2.35. The lowest BCUT2D eigenvalue weighted by atomic mass is 9.85. The van der Waals surface area contributed by atoms with Gasteiger partial charge in [-0.05, 0) is 12.8 Å². The first-order chi connectivity index (χ1) is 8.74. The van der Waals surface area contributed by atoms with Gasteiger partial charge in [0, 0.05) is 25.6 Å². The molecular weight excluding hydrogens is 235 g/mol. The van der Waals surface area contributed by atoms with Gasteiger partial charge in [0.15, 0.2) is 11.6 Å². The van der Waals surface area contributed by atoms with Gasteiger partial charge in [0.1, 0.15) is 0 Å². The maximum absolute atomic E-state index is 13.6. The zero-order valence-electron chi connectivity index (χ0n) is 10.5. The van der Waals surface area contributed by atoms with E-state index in [1.165, 1.54) is 0 Å². The van der Waals surface area contributed by atoms with Crippen LogP contribution in [0.15, 0.2) is 6.20 Å². The molecule has 2 unspecified atom stereocenters. The molecule has 1 aliphatic carbocycles. The molecule has 5 nitrogen and oxygen atoms in total. The standard InChI is InChI=1S/C12H19FN4O/c1-14-12-15-6-9(13)11(17-12)16-10-5-3-2-4-8(10)7-18/h6,8,10,18H,2-5,7H2,1H3,(H2,14,15,16,17). The van der Waals surface area contributed by atoms with Crippen LogP contribution in [-0.2, 0) is 0 Å². The quantitative estimate of drug-likeness (QED) is 0.761. The first-order valence-electron chi connectivity index (χ1n) is 6.32. The smallest absolute Gasteiger partial charge is 0.224 e. The van der Waals surface area contributed by atoms with Crippen LogP contribution in [0, 0.1) is 11.7 Å². The van der Waals surface area contributed by atoms with Crippen LogP contribution in [0.5, 0.6) is 0 Å². The third-order valence-corrected chi connectivity index (χ3v) is 3.43. The minimum absolute atomic E-state index is 0.0813. The highest BCUT2D eigenvalue weighted by Gasteiger charge is 2.25. The molecule has 100 valence electrons. The Hall–Kier alpha value is -1.43. The molecule has 0 amide bonds. The minimum Gasteiger partial charge on any atom is -0.396 e. The molecule has 0 bridgehead atoms. The molecule has 1 heterocycles. The number of aliphatic hydroxyl groups is 1. The molecule has 2 atom stereocenters. The van der Waals surface area contributed by atoms with E-state index >= 15 is 0 Å². The Morgan fingerprint density at radius 2 is 2.22 bits per heavy atom. The van der Waals surface area contributed by atoms with E-state index in [9.17, 15) is 9.50 Å². The molecule has 3 N–H and O–H groups in total. The number of hydrogen-bond acceptors (Lipinski definition) is 5. The highest BCUT2D eigenvalue weighted by molar-refractivity contribution is 5.41. The number of nitrogens with zero attached hydrogens (tertiary/aromatic N) is 2. The Bertz CT molecular complexity index is 402. The van der Waals surface area contributed by atoms with Crippen LogP contribution in [0.2, 0.25) is 0 Å². The van der Waals surface area contributed by atoms with Crippen LogP contribution in [0.4, 0.5) is 16.2 Å². The molecular formula is C12H19FN4O. The van der Waals surface area contributed by atoms with E-state index in [4.69, 9.17) is 0 Å². The lowest BCUT2D eigenvalue weighted by Gasteiger charge is -2.31. The number of aliphatic hydroxyl groups excluding tert-OH is 1. The summed E-state index contributed by atoms with van der Waals surface area (Å²) in [6, 6.07) is 0.0813. The fourth-order valence-electron chi connectivity index (χ4n) is 2.38. The first-order valence-corrected chi connectivity index (χ1v) is 6.32. The van der Waals surface area contributed by atoms with Crippen LogP contribution < -0.4 is 10.6 Å². The molecule has 1 aromatic rings. The maximum Gasteiger partial charge on any atom is 0.224 e. The second kappa shape index (κ2) is 5.95. The van der Waals surface area contributed by atoms with Crippen LogP contribution in [0.3, 0.4) is 0 Å². The average molecular weight is 254 g/mol. The number of halogens is 1. The van der Waals surface area contributed by atoms with Crippen LogP contribution in [0.25, 0.3) is 0 Å². The Morgan fingerprint density at radius 3 is 2.94 bits per heavy atom. The van der Waals surface area contributed by atoms with Crippen molar-refractivity contribution < 1.29 is 9.50 Å². The summed E-state index contributed by atoms with van der Waals surface area (Å²) in [7, 11) is 1.69. The monoisotopic (exact) mass is 254 g/mol. The first kappa shape index (κ1) is 13.0. The van der Waals surface area contributed by atoms with E-state index < -0.39 is 5.82 Å². The van der Waals surface area contributed by atoms with Crippen LogP contribution >= 0.6 is 0 Å². The van der Waals surface area contributed by atoms with Gasteiger partial charge in [0.25, 0.3) is 0 Å². The zero-order valence-corrected chi connectivity index (χ0v) is 10.5. The van der Waals surface area contributed by atoms with Crippen molar-refractivity contribution in [2.75, 3.05) is 24.3 Å². The second-order valence-corrected chi connectivity index (χ2v) is 4.62. The highest BCUT2D eigenvalue weighted by Crippen LogP contribution is 2.27. The summed E-state index contributed by atoms with van der Waals surface area (Å²) in [6.07, 6.45) is 5.28. The van der Waals surface area contributed by atoms with Gasteiger partial charge in [-0.15, -0.1) is 0 Å². The maximum atomic E-state index is 13.6. The van der Waals surface area contributed by atoms with Gasteiger partial charge in [0.05, 0.1) is 6.20 Å². The fourth-order valence-corrected chi connectivity index (χ4v) is 2.38. The summed E-state index contributed by atoms with van der Waals surface area (Å²) in [4.78, 5) is 7.87. The molecule has 0 aromatic carbocycles. The van der Waals surface area contributed by atoms with Gasteiger partial charge in [-0.25, -0.2) is 9.37 Å². The van der Waals surface area contributed by atoms with Crippen molar-refractivity contribution in [1.82, 2.24) is 9.97 Å². The normalized spacial score (nSPS) is 23.7. The Morgan fingerprint density at radius 1 is 1.44 bits per heavy atom. The summed E-state index contributed by atoms with van der Waals surface area (Å²) < 4.78 is 13.6. The number of hydrogen-bond donors (Lipinski definition) is 3. The van der Waals surface area contributed by atoms with E-state index in [1.807, 2.05) is 0 Å². The van der Waals surface area contributed by atoms with E-state index in [1.54, 1.807) is 7.05 Å². The predicted octanol–water partition coefficient (Wildman–Crippen LogP) is 1.62. The topological polar surface area (TPSA) is 70.1 Å². The van der Waals surface area contributed by atoms with Crippen molar-refractivity contribution in [2.24, 2.45) is 5.92 Å². The van der Waals surface area contributed by atoms with Gasteiger partial charge in [-0.3, -0.25) is 0 Å². The molecule has 1 fully saturated rings. The van der Waals surface area contributed by atoms with Crippen molar-refractivity contribution in [3.8, 4) is 0 Å². The summed E-state index contributed by atoms with van der Waals surface area (Å²) in [5.74, 6) is 0.303. The Labute approximate surface area is 106 Å². The van der Waals surface area contributed by atoms with E-state index in [0.717, 1.165) is 31.9 Å². The Balaban J connectivity index is 2.11. The molecule has 0 spiro atoms. The second-order valence-electron chi connectivity index (χ2n) is 4.62. The minimum atomic E-state index is -0.462. The molecule has 18 heavy (non-hydrogen) atoms. The number of nitrogens with one attached hydrogen (secondary N) is 2. The summed E-state index contributed by atoms with van der Waals surface area (Å²) >= 11 is 0. The third kappa shape index (κ3) is 2.87. The van der Waals surface area contributed by atoms with Gasteiger partial charge in [0.2, 0.25) is 5.95 Å². The average Bonchev–Trinajstić information content (AvgIpc) is 2.42. The summed E-state index contributed by atoms with van der Waals surface area (Å²) in [5, 5.41) is 15.2. The summed E-state index contributed by atoms with van der Waals surface area (Å²) in [6.45, 7) is 0.128. The largest absolute Gasteiger partial charge is 0.396 e. The summed E-state index contributed by atoms with van der Waals surface area (Å²) in [5.41, 5.74) is 0. The van der Waals surface area contributed by atoms with Crippen LogP contribution in [0.1, 0.15) is 25.7 Å². The van der Waals surface area contributed by atoms with Crippen molar-refractivity contribution in [3.05, 3.63) is 12.0 Å². The number of aromatic nitrogens is 2. The molecule has 0 saturated heterocycles. The molecule has 1 aromatic heterocycles. The SMILES string of the molecule is CNc1ncc(F)c(NC2CCCCC2CO)n1. The van der Waals surface area contributed by atoms with Gasteiger partial charge < -0.3 is 15.7 Å². The molecule has 1 aliphatic rings. The van der Waals surface area contributed by atoms with E-state index in [2.05, 4.69) is 20.6 Å². The van der Waals surface area contributed by atoms with Gasteiger partial charge >= 0.3 is 0 Å². The molecule has 6 heteroatoms. The zero-order chi connectivity index (χ0) is 13.0. The third-order valence-electron chi connectivity index (χ3n) is 3.43. The van der Waals surface area contributed by atoms with Gasteiger partial charge in [-0.1, -0.05) is 12.8 Å². The molecule has 0 radical (unpaired) electrons. The fraction of sp³-hybridized carbons (Fsp3) is 0.667. The van der Waals surface area contributed by atoms with E-state index in [-0.39, 0.29) is 24.4 Å². The molecule has 0 aliphatic heterocycles. The van der Waals surface area contributed by atoms with Crippen LogP contribution in [-0.4, -0.2) is 34.8 Å². The highest BCUT2D eigenvalue weighted by atomic mass is 19.1. The van der Waals surface area contributed by atoms with Gasteiger partial charge in [-0.2, -0.15) is 4.98 Å². The Kier molecular flexibility index (Phi) is 4.30. The van der Waals surface area contributed by atoms with Crippen molar-refractivity contribution in [3.63, 3.8) is 0 Å². The predicted molar refractivity (Wildman–Crippen MR) is 68.0 cm³/mol. The number of anilines is 2. The van der Waals surface area contributed by atoms with E-state index in [0.29, 0.717) is 5.95 Å². The molecule has 1 saturated carbocycles. The lowest BCUT2D eigenvalue weighted by molar-refractivity contribution is 0.178. The van der Waals surface area contributed by atoms with Crippen molar-refractivity contribution in [1.29, 1.82) is 0 Å². The number of rotatable bonds is 4.